The summed E-state index contributed by atoms with van der Waals surface area (Å²) >= 11 is 0. The molecule has 0 bridgehead atoms. The second kappa shape index (κ2) is 18.8. The molecule has 0 aliphatic carbocycles. The van der Waals surface area contributed by atoms with Gasteiger partial charge in [-0.2, -0.15) is 0 Å². The van der Waals surface area contributed by atoms with Crippen LogP contribution in [0.2, 0.25) is 0 Å². The third-order valence-corrected chi connectivity index (χ3v) is 7.44. The van der Waals surface area contributed by atoms with Gasteiger partial charge >= 0.3 is 18.1 Å². The first-order valence-corrected chi connectivity index (χ1v) is 15.4. The largest absolute Gasteiger partial charge is 0.390 e. The summed E-state index contributed by atoms with van der Waals surface area (Å²) in [6, 6.07) is -7.94. The molecule has 0 fully saturated rings. The summed E-state index contributed by atoms with van der Waals surface area (Å²) in [5.41, 5.74) is -1.47. The highest BCUT2D eigenvalue weighted by Gasteiger charge is 2.37. The number of nitrogens with one attached hydrogen (secondary N) is 4. The van der Waals surface area contributed by atoms with Crippen LogP contribution < -0.4 is 21.3 Å². The zero-order valence-corrected chi connectivity index (χ0v) is 29.7. The number of aliphatic hydroxyl groups is 1. The number of urea groups is 3. The van der Waals surface area contributed by atoms with Crippen molar-refractivity contribution in [3.63, 3.8) is 0 Å². The number of hydrogen-bond acceptors (Lipinski definition) is 9. The van der Waals surface area contributed by atoms with Gasteiger partial charge in [0.25, 0.3) is 5.91 Å². The molecule has 268 valence electrons. The molecule has 0 unspecified atom stereocenters. The summed E-state index contributed by atoms with van der Waals surface area (Å²) in [5.74, 6) is -2.83. The number of carbonyl (C=O) groups is 8. The van der Waals surface area contributed by atoms with Crippen LogP contribution in [0.3, 0.4) is 0 Å². The van der Waals surface area contributed by atoms with Gasteiger partial charge in [-0.25, -0.2) is 19.3 Å². The highest BCUT2D eigenvalue weighted by molar-refractivity contribution is 6.07. The van der Waals surface area contributed by atoms with E-state index in [0.717, 1.165) is 11.9 Å². The van der Waals surface area contributed by atoms with Crippen LogP contribution >= 0.6 is 0 Å². The van der Waals surface area contributed by atoms with Crippen LogP contribution in [0, 0.1) is 5.92 Å². The molecule has 4 atom stereocenters. The second-order valence-corrected chi connectivity index (χ2v) is 12.6. The normalized spacial score (nSPS) is 13.7. The fraction of sp³-hybridized carbons (Fsp3) is 0.733. The maximum atomic E-state index is 13.2. The number of carbonyl (C=O) groups excluding carboxylic acids is 8. The maximum absolute atomic E-state index is 13.2. The SMILES string of the molecule is CCCC(=O)N(C)[C@H](C)C(=O)N(C)[C@@H](CC(C)(C)O)C(=O)NC(=O)N(C)C(=O)NC(=O)N[C@H](C)C(=O)N(C)[C@@H](CC(C)C)C(=O)NC. The lowest BCUT2D eigenvalue weighted by atomic mass is 9.97. The molecule has 47 heavy (non-hydrogen) atoms. The van der Waals surface area contributed by atoms with Crippen LogP contribution in [-0.2, 0) is 24.0 Å². The van der Waals surface area contributed by atoms with Crippen LogP contribution in [0.25, 0.3) is 0 Å². The zero-order chi connectivity index (χ0) is 37.0. The Kier molecular flexibility index (Phi) is 17.1. The summed E-state index contributed by atoms with van der Waals surface area (Å²) in [6.45, 7) is 11.2. The molecule has 0 aromatic carbocycles. The zero-order valence-electron chi connectivity index (χ0n) is 29.7. The molecule has 0 aromatic heterocycles. The molecule has 0 aliphatic heterocycles. The van der Waals surface area contributed by atoms with Crippen LogP contribution in [0.5, 0.6) is 0 Å². The third kappa shape index (κ3) is 13.5. The lowest BCUT2D eigenvalue weighted by Gasteiger charge is -2.35. The molecular weight excluding hydrogens is 616 g/mol. The fourth-order valence-electron chi connectivity index (χ4n) is 4.45. The van der Waals surface area contributed by atoms with E-state index in [1.54, 1.807) is 0 Å². The van der Waals surface area contributed by atoms with E-state index in [1.165, 1.54) is 65.7 Å². The van der Waals surface area contributed by atoms with Gasteiger partial charge in [0.1, 0.15) is 24.2 Å². The molecule has 0 rings (SSSR count). The second-order valence-electron chi connectivity index (χ2n) is 12.6. The Balaban J connectivity index is 5.56. The van der Waals surface area contributed by atoms with E-state index < -0.39 is 65.6 Å². The van der Waals surface area contributed by atoms with Gasteiger partial charge in [0.2, 0.25) is 23.6 Å². The van der Waals surface area contributed by atoms with Crippen LogP contribution in [-0.4, -0.2) is 137 Å². The van der Waals surface area contributed by atoms with E-state index in [0.29, 0.717) is 17.7 Å². The minimum atomic E-state index is -1.47. The Morgan fingerprint density at radius 2 is 1.26 bits per heavy atom. The lowest BCUT2D eigenvalue weighted by molar-refractivity contribution is -0.148. The van der Waals surface area contributed by atoms with Crippen LogP contribution in [0.15, 0.2) is 0 Å². The number of imide groups is 3. The molecule has 0 spiro atoms. The van der Waals surface area contributed by atoms with Crippen molar-refractivity contribution in [2.24, 2.45) is 5.92 Å². The standard InChI is InChI=1S/C30H54N8O9/c1-13-14-22(39)35(9)19(5)26(43)37(11)21(16-30(6,7)47)24(41)33-28(45)38(12)29(46)34-27(44)32-18(4)25(42)36(10)20(15-17(2)3)23(40)31-8/h17-21,47H,13-16H2,1-12H3,(H,31,40)(H,33,41,45)(H2,32,34,44,46)/t18-,19-,20+,21+/m1/s1. The van der Waals surface area contributed by atoms with E-state index >= 15 is 0 Å². The lowest BCUT2D eigenvalue weighted by Crippen LogP contribution is -2.59. The number of amides is 11. The van der Waals surface area contributed by atoms with Gasteiger partial charge in [-0.3, -0.25) is 34.6 Å². The van der Waals surface area contributed by atoms with Crippen LogP contribution in [0.1, 0.15) is 74.1 Å². The van der Waals surface area contributed by atoms with Gasteiger partial charge in [-0.1, -0.05) is 20.8 Å². The molecule has 0 aromatic rings. The first-order valence-electron chi connectivity index (χ1n) is 15.4. The molecular formula is C30H54N8O9. The molecule has 11 amide bonds. The smallest absolute Gasteiger partial charge is 0.333 e. The minimum absolute atomic E-state index is 0.0862. The summed E-state index contributed by atoms with van der Waals surface area (Å²) in [5, 5.41) is 19.1. The Hall–Kier alpha value is -4.28. The van der Waals surface area contributed by atoms with Crippen molar-refractivity contribution in [1.29, 1.82) is 0 Å². The average Bonchev–Trinajstić information content (AvgIpc) is 2.98. The van der Waals surface area contributed by atoms with Gasteiger partial charge in [0.15, 0.2) is 0 Å². The van der Waals surface area contributed by atoms with Crippen molar-refractivity contribution < 1.29 is 43.5 Å². The number of likely N-dealkylation sites (N-methyl/N-ethyl adjacent to an activating group) is 4. The predicted molar refractivity (Wildman–Crippen MR) is 173 cm³/mol. The molecule has 17 heteroatoms. The summed E-state index contributed by atoms with van der Waals surface area (Å²) in [6.07, 6.45) is 0.855. The molecule has 0 saturated heterocycles. The van der Waals surface area contributed by atoms with E-state index in [-0.39, 0.29) is 30.6 Å². The van der Waals surface area contributed by atoms with Crippen molar-refractivity contribution in [3.8, 4) is 0 Å². The monoisotopic (exact) mass is 670 g/mol. The molecule has 0 aliphatic rings. The van der Waals surface area contributed by atoms with E-state index in [9.17, 15) is 43.5 Å². The third-order valence-electron chi connectivity index (χ3n) is 7.44. The van der Waals surface area contributed by atoms with Gasteiger partial charge in [-0.05, 0) is 46.5 Å². The van der Waals surface area contributed by atoms with Gasteiger partial charge in [0.05, 0.1) is 5.60 Å². The molecule has 17 nitrogen and oxygen atoms in total. The highest BCUT2D eigenvalue weighted by Crippen LogP contribution is 2.18. The van der Waals surface area contributed by atoms with Crippen molar-refractivity contribution in [1.82, 2.24) is 40.9 Å². The van der Waals surface area contributed by atoms with Crippen molar-refractivity contribution >= 4 is 47.6 Å². The minimum Gasteiger partial charge on any atom is -0.390 e. The molecule has 5 N–H and O–H groups in total. The summed E-state index contributed by atoms with van der Waals surface area (Å²) in [7, 11) is 6.58. The molecule has 0 saturated carbocycles. The van der Waals surface area contributed by atoms with Crippen molar-refractivity contribution in [2.45, 2.75) is 104 Å². The fourth-order valence-corrected chi connectivity index (χ4v) is 4.45. The number of hydrogen-bond donors (Lipinski definition) is 5. The average molecular weight is 671 g/mol. The Labute approximate surface area is 277 Å². The van der Waals surface area contributed by atoms with Crippen molar-refractivity contribution in [3.05, 3.63) is 0 Å². The van der Waals surface area contributed by atoms with Gasteiger partial charge in [0, 0.05) is 48.1 Å². The highest BCUT2D eigenvalue weighted by atomic mass is 16.3. The summed E-state index contributed by atoms with van der Waals surface area (Å²) < 4.78 is 0. The number of rotatable bonds is 14. The topological polar surface area (TPSA) is 218 Å². The first kappa shape index (κ1) is 42.7. The van der Waals surface area contributed by atoms with E-state index in [4.69, 9.17) is 0 Å². The van der Waals surface area contributed by atoms with E-state index in [2.05, 4.69) is 10.6 Å². The number of nitrogens with zero attached hydrogens (tertiary/aromatic N) is 4. The van der Waals surface area contributed by atoms with Crippen LogP contribution in [0.4, 0.5) is 14.4 Å². The Bertz CT molecular complexity index is 1170. The predicted octanol–water partition coefficient (Wildman–Crippen LogP) is 0.216. The maximum Gasteiger partial charge on any atom is 0.333 e. The molecule has 0 radical (unpaired) electrons. The quantitative estimate of drug-likeness (QED) is 0.170. The van der Waals surface area contributed by atoms with Crippen molar-refractivity contribution in [2.75, 3.05) is 35.2 Å². The Morgan fingerprint density at radius 1 is 0.745 bits per heavy atom. The summed E-state index contributed by atoms with van der Waals surface area (Å²) in [4.78, 5) is 106. The Morgan fingerprint density at radius 3 is 1.72 bits per heavy atom. The van der Waals surface area contributed by atoms with Gasteiger partial charge in [-0.15, -0.1) is 0 Å². The molecule has 0 heterocycles. The van der Waals surface area contributed by atoms with E-state index in [1.807, 2.05) is 31.4 Å². The first-order chi connectivity index (χ1) is 21.5. The van der Waals surface area contributed by atoms with Gasteiger partial charge < -0.3 is 30.4 Å².